The zero-order valence-corrected chi connectivity index (χ0v) is 12.4. The maximum atomic E-state index is 5.17. The highest BCUT2D eigenvalue weighted by Crippen LogP contribution is 2.25. The first-order valence-electron chi connectivity index (χ1n) is 7.50. The fraction of sp³-hybridized carbons (Fsp3) is 0.263. The molecule has 0 unspecified atom stereocenters. The summed E-state index contributed by atoms with van der Waals surface area (Å²) in [6.07, 6.45) is 7.86. The highest BCUT2D eigenvalue weighted by molar-refractivity contribution is 5.54. The Morgan fingerprint density at radius 1 is 1.14 bits per heavy atom. The molecule has 2 aromatic rings. The molecular weight excluding hydrogens is 258 g/mol. The molecule has 0 amide bonds. The minimum atomic E-state index is 0.536. The van der Waals surface area contributed by atoms with Crippen molar-refractivity contribution in [3.8, 4) is 5.75 Å². The monoisotopic (exact) mass is 279 g/mol. The van der Waals surface area contributed by atoms with E-state index in [0.717, 1.165) is 12.2 Å². The van der Waals surface area contributed by atoms with Crippen molar-refractivity contribution >= 4 is 11.8 Å². The number of fused-ring (bicyclic) bond motifs is 1. The van der Waals surface area contributed by atoms with Gasteiger partial charge < -0.3 is 10.1 Å². The summed E-state index contributed by atoms with van der Waals surface area (Å²) in [6, 6.07) is 17.3. The largest absolute Gasteiger partial charge is 0.497 e. The lowest BCUT2D eigenvalue weighted by atomic mass is 9.96. The number of anilines is 1. The van der Waals surface area contributed by atoms with E-state index in [0.29, 0.717) is 6.04 Å². The number of ether oxygens (including phenoxy) is 1. The third-order valence-corrected chi connectivity index (χ3v) is 3.99. The molecule has 3 rings (SSSR count). The van der Waals surface area contributed by atoms with Crippen molar-refractivity contribution in [1.29, 1.82) is 0 Å². The molecule has 2 heteroatoms. The normalized spacial score (nSPS) is 17.3. The Morgan fingerprint density at radius 2 is 1.95 bits per heavy atom. The SMILES string of the molecule is COc1ccc(/C=C/C[C@@H]2CCc3ccccc3N2)cc1. The third kappa shape index (κ3) is 3.46. The summed E-state index contributed by atoms with van der Waals surface area (Å²) in [7, 11) is 1.69. The molecule has 1 aliphatic heterocycles. The van der Waals surface area contributed by atoms with Gasteiger partial charge in [0.2, 0.25) is 0 Å². The molecule has 2 aromatic carbocycles. The molecule has 0 fully saturated rings. The molecule has 1 atom stereocenters. The Hall–Kier alpha value is -2.22. The lowest BCUT2D eigenvalue weighted by Crippen LogP contribution is -2.24. The molecule has 2 nitrogen and oxygen atoms in total. The summed E-state index contributed by atoms with van der Waals surface area (Å²) >= 11 is 0. The van der Waals surface area contributed by atoms with Crippen LogP contribution in [-0.2, 0) is 6.42 Å². The van der Waals surface area contributed by atoms with Crippen LogP contribution >= 0.6 is 0 Å². The van der Waals surface area contributed by atoms with E-state index in [1.807, 2.05) is 12.1 Å². The van der Waals surface area contributed by atoms with Crippen molar-refractivity contribution in [3.05, 3.63) is 65.7 Å². The fourth-order valence-corrected chi connectivity index (χ4v) is 2.76. The van der Waals surface area contributed by atoms with Crippen LogP contribution in [0.1, 0.15) is 24.0 Å². The molecule has 0 radical (unpaired) electrons. The van der Waals surface area contributed by atoms with E-state index in [1.54, 1.807) is 7.11 Å². The smallest absolute Gasteiger partial charge is 0.118 e. The minimum Gasteiger partial charge on any atom is -0.497 e. The highest BCUT2D eigenvalue weighted by Gasteiger charge is 2.15. The van der Waals surface area contributed by atoms with E-state index >= 15 is 0 Å². The van der Waals surface area contributed by atoms with Gasteiger partial charge in [0, 0.05) is 11.7 Å². The number of rotatable bonds is 4. The van der Waals surface area contributed by atoms with Crippen LogP contribution in [-0.4, -0.2) is 13.2 Å². The van der Waals surface area contributed by atoms with Gasteiger partial charge in [-0.3, -0.25) is 0 Å². The van der Waals surface area contributed by atoms with E-state index < -0.39 is 0 Å². The zero-order valence-electron chi connectivity index (χ0n) is 12.4. The first-order chi connectivity index (χ1) is 10.3. The van der Waals surface area contributed by atoms with E-state index in [2.05, 4.69) is 53.9 Å². The number of methoxy groups -OCH3 is 1. The minimum absolute atomic E-state index is 0.536. The van der Waals surface area contributed by atoms with E-state index in [1.165, 1.54) is 29.7 Å². The summed E-state index contributed by atoms with van der Waals surface area (Å²) in [5.41, 5.74) is 3.95. The van der Waals surface area contributed by atoms with Gasteiger partial charge >= 0.3 is 0 Å². The average Bonchev–Trinajstić information content (AvgIpc) is 2.55. The standard InChI is InChI=1S/C19H21NO/c1-21-18-13-9-15(10-14-18)5-4-7-17-12-11-16-6-2-3-8-19(16)20-17/h2-6,8-10,13-14,17,20H,7,11-12H2,1H3/b5-4+/t17-/m1/s1. The van der Waals surface area contributed by atoms with Crippen LogP contribution in [0.25, 0.3) is 6.08 Å². The van der Waals surface area contributed by atoms with Gasteiger partial charge in [-0.05, 0) is 48.6 Å². The first kappa shape index (κ1) is 13.7. The molecule has 0 spiro atoms. The molecule has 21 heavy (non-hydrogen) atoms. The van der Waals surface area contributed by atoms with E-state index in [9.17, 15) is 0 Å². The summed E-state index contributed by atoms with van der Waals surface area (Å²) < 4.78 is 5.17. The number of aryl methyl sites for hydroxylation is 1. The van der Waals surface area contributed by atoms with E-state index in [4.69, 9.17) is 4.74 Å². The molecule has 108 valence electrons. The fourth-order valence-electron chi connectivity index (χ4n) is 2.76. The predicted octanol–water partition coefficient (Wildman–Crippen LogP) is 4.53. The second-order valence-electron chi connectivity index (χ2n) is 5.45. The van der Waals surface area contributed by atoms with Crippen LogP contribution < -0.4 is 10.1 Å². The lowest BCUT2D eigenvalue weighted by molar-refractivity contribution is 0.415. The molecular formula is C19H21NO. The average molecular weight is 279 g/mol. The van der Waals surface area contributed by atoms with Gasteiger partial charge in [0.25, 0.3) is 0 Å². The Labute approximate surface area is 126 Å². The van der Waals surface area contributed by atoms with Crippen LogP contribution in [0.3, 0.4) is 0 Å². The lowest BCUT2D eigenvalue weighted by Gasteiger charge is -2.26. The topological polar surface area (TPSA) is 21.3 Å². The number of benzene rings is 2. The van der Waals surface area contributed by atoms with Gasteiger partial charge in [0.1, 0.15) is 5.75 Å². The second kappa shape index (κ2) is 6.49. The number of nitrogens with one attached hydrogen (secondary N) is 1. The number of para-hydroxylation sites is 1. The van der Waals surface area contributed by atoms with Crippen molar-refractivity contribution in [2.75, 3.05) is 12.4 Å². The number of hydrogen-bond acceptors (Lipinski definition) is 2. The van der Waals surface area contributed by atoms with Crippen molar-refractivity contribution in [3.63, 3.8) is 0 Å². The van der Waals surface area contributed by atoms with Crippen LogP contribution in [0, 0.1) is 0 Å². The van der Waals surface area contributed by atoms with Crippen LogP contribution in [0.2, 0.25) is 0 Å². The quantitative estimate of drug-likeness (QED) is 0.888. The summed E-state index contributed by atoms with van der Waals surface area (Å²) in [4.78, 5) is 0. The molecule has 1 aliphatic rings. The van der Waals surface area contributed by atoms with Gasteiger partial charge in [0.15, 0.2) is 0 Å². The van der Waals surface area contributed by atoms with Crippen LogP contribution in [0.5, 0.6) is 5.75 Å². The molecule has 0 aliphatic carbocycles. The summed E-state index contributed by atoms with van der Waals surface area (Å²) in [5, 5.41) is 3.63. The molecule has 0 saturated carbocycles. The highest BCUT2D eigenvalue weighted by atomic mass is 16.5. The van der Waals surface area contributed by atoms with E-state index in [-0.39, 0.29) is 0 Å². The maximum absolute atomic E-state index is 5.17. The molecule has 0 bridgehead atoms. The van der Waals surface area contributed by atoms with Crippen molar-refractivity contribution in [1.82, 2.24) is 0 Å². The molecule has 0 aromatic heterocycles. The van der Waals surface area contributed by atoms with Gasteiger partial charge in [-0.2, -0.15) is 0 Å². The third-order valence-electron chi connectivity index (χ3n) is 3.99. The first-order valence-corrected chi connectivity index (χ1v) is 7.50. The zero-order chi connectivity index (χ0) is 14.5. The van der Waals surface area contributed by atoms with Crippen LogP contribution in [0.15, 0.2) is 54.6 Å². The van der Waals surface area contributed by atoms with Crippen molar-refractivity contribution < 1.29 is 4.74 Å². The Kier molecular flexibility index (Phi) is 4.25. The molecule has 1 heterocycles. The summed E-state index contributed by atoms with van der Waals surface area (Å²) in [5.74, 6) is 0.901. The molecule has 1 N–H and O–H groups in total. The Morgan fingerprint density at radius 3 is 2.76 bits per heavy atom. The second-order valence-corrected chi connectivity index (χ2v) is 5.45. The van der Waals surface area contributed by atoms with Gasteiger partial charge in [-0.25, -0.2) is 0 Å². The van der Waals surface area contributed by atoms with Crippen molar-refractivity contribution in [2.24, 2.45) is 0 Å². The Bertz CT molecular complexity index is 616. The maximum Gasteiger partial charge on any atom is 0.118 e. The van der Waals surface area contributed by atoms with Gasteiger partial charge in [0.05, 0.1) is 7.11 Å². The summed E-state index contributed by atoms with van der Waals surface area (Å²) in [6.45, 7) is 0. The number of hydrogen-bond donors (Lipinski definition) is 1. The van der Waals surface area contributed by atoms with Gasteiger partial charge in [-0.1, -0.05) is 42.5 Å². The Balaban J connectivity index is 1.57. The van der Waals surface area contributed by atoms with Crippen molar-refractivity contribution in [2.45, 2.75) is 25.3 Å². The molecule has 0 saturated heterocycles. The predicted molar refractivity (Wildman–Crippen MR) is 88.8 cm³/mol. The van der Waals surface area contributed by atoms with Gasteiger partial charge in [-0.15, -0.1) is 0 Å². The van der Waals surface area contributed by atoms with Crippen LogP contribution in [0.4, 0.5) is 5.69 Å².